The first-order chi connectivity index (χ1) is 15.7. The number of sulfonamides is 1. The molecule has 0 saturated heterocycles. The Hall–Kier alpha value is -3.78. The lowest BCUT2D eigenvalue weighted by Crippen LogP contribution is -2.27. The summed E-state index contributed by atoms with van der Waals surface area (Å²) in [7, 11) is -2.21. The van der Waals surface area contributed by atoms with Crippen LogP contribution in [0.25, 0.3) is 6.08 Å². The molecule has 33 heavy (non-hydrogen) atoms. The monoisotopic (exact) mass is 464 g/mol. The zero-order valence-electron chi connectivity index (χ0n) is 18.4. The average molecular weight is 465 g/mol. The van der Waals surface area contributed by atoms with Crippen molar-refractivity contribution in [2.24, 2.45) is 4.99 Å². The molecule has 0 spiro atoms. The van der Waals surface area contributed by atoms with Gasteiger partial charge in [-0.25, -0.2) is 8.42 Å². The van der Waals surface area contributed by atoms with Crippen molar-refractivity contribution in [1.29, 1.82) is 0 Å². The van der Waals surface area contributed by atoms with E-state index < -0.39 is 15.6 Å². The molecule has 2 N–H and O–H groups in total. The Morgan fingerprint density at radius 2 is 1.73 bits per heavy atom. The molecule has 0 fully saturated rings. The number of phenols is 1. The Labute approximate surface area is 193 Å². The Morgan fingerprint density at radius 1 is 1.03 bits per heavy atom. The quantitative estimate of drug-likeness (QED) is 0.493. The lowest BCUT2D eigenvalue weighted by Gasteiger charge is -2.28. The van der Waals surface area contributed by atoms with E-state index in [9.17, 15) is 13.5 Å². The van der Waals surface area contributed by atoms with Crippen LogP contribution < -0.4 is 14.2 Å². The van der Waals surface area contributed by atoms with E-state index in [0.717, 1.165) is 0 Å². The van der Waals surface area contributed by atoms with E-state index in [1.165, 1.54) is 19.2 Å². The van der Waals surface area contributed by atoms with Crippen molar-refractivity contribution >= 4 is 33.7 Å². The van der Waals surface area contributed by atoms with Gasteiger partial charge in [0.2, 0.25) is 0 Å². The van der Waals surface area contributed by atoms with Crippen LogP contribution in [0.15, 0.2) is 76.6 Å². The maximum absolute atomic E-state index is 12.6. The third kappa shape index (κ3) is 5.01. The number of anilines is 1. The van der Waals surface area contributed by atoms with Gasteiger partial charge in [0.05, 0.1) is 23.3 Å². The van der Waals surface area contributed by atoms with Crippen LogP contribution >= 0.6 is 0 Å². The molecule has 0 radical (unpaired) electrons. The minimum absolute atomic E-state index is 0.0897. The number of nitrogens with one attached hydrogen (secondary N) is 1. The van der Waals surface area contributed by atoms with E-state index in [4.69, 9.17) is 9.47 Å². The summed E-state index contributed by atoms with van der Waals surface area (Å²) in [5.74, 6) is 1.28. The van der Waals surface area contributed by atoms with Crippen LogP contribution in [0.5, 0.6) is 17.2 Å². The zero-order chi connectivity index (χ0) is 23.6. The summed E-state index contributed by atoms with van der Waals surface area (Å²) in [5, 5.41) is 10.6. The maximum atomic E-state index is 12.6. The molecule has 1 heterocycles. The van der Waals surface area contributed by atoms with Crippen LogP contribution in [-0.4, -0.2) is 32.4 Å². The summed E-state index contributed by atoms with van der Waals surface area (Å²) >= 11 is 0. The topological polar surface area (TPSA) is 97.2 Å². The lowest BCUT2D eigenvalue weighted by molar-refractivity contribution is 0.158. The molecule has 3 aromatic rings. The highest BCUT2D eigenvalue weighted by Crippen LogP contribution is 2.38. The summed E-state index contributed by atoms with van der Waals surface area (Å²) < 4.78 is 38.6. The first kappa shape index (κ1) is 22.4. The van der Waals surface area contributed by atoms with Gasteiger partial charge in [0.25, 0.3) is 10.0 Å². The Morgan fingerprint density at radius 3 is 2.39 bits per heavy atom. The van der Waals surface area contributed by atoms with Crippen molar-refractivity contribution in [2.75, 3.05) is 11.8 Å². The van der Waals surface area contributed by atoms with Gasteiger partial charge >= 0.3 is 0 Å². The van der Waals surface area contributed by atoms with E-state index in [0.29, 0.717) is 34.0 Å². The second kappa shape index (κ2) is 8.63. The van der Waals surface area contributed by atoms with Crippen molar-refractivity contribution in [3.8, 4) is 17.2 Å². The number of fused-ring (bicyclic) bond motifs is 1. The predicted molar refractivity (Wildman–Crippen MR) is 129 cm³/mol. The molecule has 1 aliphatic heterocycles. The summed E-state index contributed by atoms with van der Waals surface area (Å²) in [6, 6.07) is 16.3. The number of aliphatic imine (C=N–C) groups is 1. The SMILES string of the molecule is COc1ccc(S(=O)(=O)Nc2ccc(N=Cc3ccc4c(c3O)C=CC(C)(C)O4)cc2)cc1. The highest BCUT2D eigenvalue weighted by molar-refractivity contribution is 7.92. The first-order valence-corrected chi connectivity index (χ1v) is 11.7. The van der Waals surface area contributed by atoms with Gasteiger partial charge < -0.3 is 14.6 Å². The summed E-state index contributed by atoms with van der Waals surface area (Å²) in [6.07, 6.45) is 5.29. The normalized spacial score (nSPS) is 14.5. The molecular weight excluding hydrogens is 440 g/mol. The van der Waals surface area contributed by atoms with Gasteiger partial charge in [-0.3, -0.25) is 9.71 Å². The molecule has 1 aliphatic rings. The fourth-order valence-electron chi connectivity index (χ4n) is 3.29. The summed E-state index contributed by atoms with van der Waals surface area (Å²) in [5.41, 5.74) is 1.75. The van der Waals surface area contributed by atoms with Crippen molar-refractivity contribution in [3.05, 3.63) is 77.9 Å². The van der Waals surface area contributed by atoms with E-state index in [-0.39, 0.29) is 10.6 Å². The number of hydrogen-bond donors (Lipinski definition) is 2. The molecule has 4 rings (SSSR count). The minimum atomic E-state index is -3.72. The van der Waals surface area contributed by atoms with E-state index in [1.54, 1.807) is 54.7 Å². The van der Waals surface area contributed by atoms with Crippen molar-refractivity contribution in [2.45, 2.75) is 24.3 Å². The van der Waals surface area contributed by atoms with E-state index >= 15 is 0 Å². The molecule has 0 unspecified atom stereocenters. The van der Waals surface area contributed by atoms with E-state index in [1.807, 2.05) is 26.0 Å². The Balaban J connectivity index is 1.48. The molecule has 8 heteroatoms. The van der Waals surface area contributed by atoms with Gasteiger partial charge in [-0.05, 0) is 86.7 Å². The largest absolute Gasteiger partial charge is 0.506 e. The highest BCUT2D eigenvalue weighted by Gasteiger charge is 2.24. The smallest absolute Gasteiger partial charge is 0.261 e. The van der Waals surface area contributed by atoms with Crippen LogP contribution in [0.2, 0.25) is 0 Å². The molecule has 0 amide bonds. The van der Waals surface area contributed by atoms with Crippen molar-refractivity contribution in [3.63, 3.8) is 0 Å². The number of aromatic hydroxyl groups is 1. The predicted octanol–water partition coefficient (Wildman–Crippen LogP) is 5.14. The molecule has 170 valence electrons. The molecule has 0 aromatic heterocycles. The second-order valence-corrected chi connectivity index (χ2v) is 9.72. The highest BCUT2D eigenvalue weighted by atomic mass is 32.2. The van der Waals surface area contributed by atoms with Gasteiger partial charge in [0.1, 0.15) is 22.8 Å². The van der Waals surface area contributed by atoms with Gasteiger partial charge in [-0.2, -0.15) is 0 Å². The third-order valence-corrected chi connectivity index (χ3v) is 6.47. The fraction of sp³-hybridized carbons (Fsp3) is 0.160. The summed E-state index contributed by atoms with van der Waals surface area (Å²) in [6.45, 7) is 3.89. The molecule has 0 atom stereocenters. The first-order valence-electron chi connectivity index (χ1n) is 10.2. The molecule has 7 nitrogen and oxygen atoms in total. The number of rotatable bonds is 6. The van der Waals surface area contributed by atoms with Crippen LogP contribution in [0.4, 0.5) is 11.4 Å². The zero-order valence-corrected chi connectivity index (χ0v) is 19.3. The van der Waals surface area contributed by atoms with Gasteiger partial charge in [-0.1, -0.05) is 0 Å². The van der Waals surface area contributed by atoms with Gasteiger partial charge in [-0.15, -0.1) is 0 Å². The van der Waals surface area contributed by atoms with Gasteiger partial charge in [0, 0.05) is 17.5 Å². The molecule has 0 aliphatic carbocycles. The fourth-order valence-corrected chi connectivity index (χ4v) is 4.35. The Kier molecular flexibility index (Phi) is 5.86. The van der Waals surface area contributed by atoms with Crippen LogP contribution in [0.1, 0.15) is 25.0 Å². The lowest BCUT2D eigenvalue weighted by atomic mass is 10.00. The van der Waals surface area contributed by atoms with E-state index in [2.05, 4.69) is 9.71 Å². The molecule has 0 bridgehead atoms. The van der Waals surface area contributed by atoms with Crippen LogP contribution in [-0.2, 0) is 10.0 Å². The summed E-state index contributed by atoms with van der Waals surface area (Å²) in [4.78, 5) is 4.52. The third-order valence-electron chi connectivity index (χ3n) is 5.07. The second-order valence-electron chi connectivity index (χ2n) is 8.04. The standard InChI is InChI=1S/C25H24N2O5S/c1-25(2)15-14-22-23(32-25)13-4-17(24(22)28)16-26-18-5-7-19(8-6-18)27-33(29,30)21-11-9-20(31-3)10-12-21/h4-16,27-28H,1-3H3. The number of benzene rings is 3. The van der Waals surface area contributed by atoms with Crippen molar-refractivity contribution < 1.29 is 23.0 Å². The molecular formula is C25H24N2O5S. The number of ether oxygens (including phenoxy) is 2. The Bertz CT molecular complexity index is 1330. The molecule has 0 saturated carbocycles. The average Bonchev–Trinajstić information content (AvgIpc) is 2.79. The minimum Gasteiger partial charge on any atom is -0.506 e. The number of phenolic OH excluding ortho intramolecular Hbond substituents is 1. The van der Waals surface area contributed by atoms with Crippen molar-refractivity contribution in [1.82, 2.24) is 0 Å². The number of hydrogen-bond acceptors (Lipinski definition) is 6. The number of methoxy groups -OCH3 is 1. The maximum Gasteiger partial charge on any atom is 0.261 e. The van der Waals surface area contributed by atoms with Crippen LogP contribution in [0, 0.1) is 0 Å². The number of nitrogens with zero attached hydrogens (tertiary/aromatic N) is 1. The molecule has 3 aromatic carbocycles. The van der Waals surface area contributed by atoms with Crippen LogP contribution in [0.3, 0.4) is 0 Å². The van der Waals surface area contributed by atoms with Gasteiger partial charge in [0.15, 0.2) is 0 Å².